The Hall–Kier alpha value is -1.02. The van der Waals surface area contributed by atoms with E-state index < -0.39 is 0 Å². The number of alkyl halides is 1. The predicted molar refractivity (Wildman–Crippen MR) is 90.1 cm³/mol. The van der Waals surface area contributed by atoms with Crippen molar-refractivity contribution in [1.82, 2.24) is 9.55 Å². The van der Waals surface area contributed by atoms with Gasteiger partial charge in [0.2, 0.25) is 0 Å². The topological polar surface area (TPSA) is 17.8 Å². The molecule has 1 aliphatic carbocycles. The van der Waals surface area contributed by atoms with E-state index in [1.807, 2.05) is 0 Å². The zero-order valence-corrected chi connectivity index (χ0v) is 14.0. The molecule has 0 spiro atoms. The summed E-state index contributed by atoms with van der Waals surface area (Å²) in [6.07, 6.45) is 4.74. The average molecular weight is 305 g/mol. The predicted octanol–water partition coefficient (Wildman–Crippen LogP) is 5.12. The largest absolute Gasteiger partial charge is 0.325 e. The molecule has 0 amide bonds. The van der Waals surface area contributed by atoms with Crippen molar-refractivity contribution in [2.45, 2.75) is 52.5 Å². The van der Waals surface area contributed by atoms with Gasteiger partial charge in [-0.25, -0.2) is 4.98 Å². The minimum Gasteiger partial charge on any atom is -0.325 e. The Morgan fingerprint density at radius 1 is 1.19 bits per heavy atom. The SMILES string of the molecule is Cc1cccc2c1nc(CCCl)n2C1CC(C)CC(C)C1. The summed E-state index contributed by atoms with van der Waals surface area (Å²) in [4.78, 5) is 4.91. The van der Waals surface area contributed by atoms with Gasteiger partial charge in [0, 0.05) is 18.3 Å². The highest BCUT2D eigenvalue weighted by Crippen LogP contribution is 2.38. The number of fused-ring (bicyclic) bond motifs is 1. The number of rotatable bonds is 3. The number of imidazole rings is 1. The Balaban J connectivity index is 2.10. The zero-order valence-electron chi connectivity index (χ0n) is 13.3. The van der Waals surface area contributed by atoms with Crippen molar-refractivity contribution in [3.8, 4) is 0 Å². The monoisotopic (exact) mass is 304 g/mol. The molecule has 2 unspecified atom stereocenters. The minimum atomic E-state index is 0.578. The van der Waals surface area contributed by atoms with E-state index in [-0.39, 0.29) is 0 Å². The molecule has 1 aliphatic rings. The van der Waals surface area contributed by atoms with Crippen LogP contribution in [0, 0.1) is 18.8 Å². The molecule has 21 heavy (non-hydrogen) atoms. The molecule has 2 aromatic rings. The van der Waals surface area contributed by atoms with Gasteiger partial charge < -0.3 is 4.57 Å². The van der Waals surface area contributed by atoms with Crippen molar-refractivity contribution in [3.05, 3.63) is 29.6 Å². The first kappa shape index (κ1) is 14.9. The molecule has 0 aliphatic heterocycles. The number of halogens is 1. The van der Waals surface area contributed by atoms with Crippen LogP contribution in [0.1, 0.15) is 50.5 Å². The molecule has 1 heterocycles. The van der Waals surface area contributed by atoms with Gasteiger partial charge in [-0.2, -0.15) is 0 Å². The van der Waals surface area contributed by atoms with Gasteiger partial charge in [-0.15, -0.1) is 11.6 Å². The second-order valence-corrected chi connectivity index (χ2v) is 7.23. The Morgan fingerprint density at radius 2 is 1.90 bits per heavy atom. The van der Waals surface area contributed by atoms with E-state index >= 15 is 0 Å². The summed E-state index contributed by atoms with van der Waals surface area (Å²) in [5.74, 6) is 3.40. The van der Waals surface area contributed by atoms with E-state index in [0.717, 1.165) is 23.8 Å². The minimum absolute atomic E-state index is 0.578. The van der Waals surface area contributed by atoms with E-state index in [4.69, 9.17) is 16.6 Å². The van der Waals surface area contributed by atoms with Crippen LogP contribution >= 0.6 is 11.6 Å². The first-order valence-electron chi connectivity index (χ1n) is 8.12. The average Bonchev–Trinajstić information content (AvgIpc) is 2.78. The number of aromatic nitrogens is 2. The number of hydrogen-bond acceptors (Lipinski definition) is 1. The summed E-state index contributed by atoms with van der Waals surface area (Å²) in [6, 6.07) is 7.09. The highest BCUT2D eigenvalue weighted by molar-refractivity contribution is 6.17. The van der Waals surface area contributed by atoms with Crippen LogP contribution in [0.15, 0.2) is 18.2 Å². The summed E-state index contributed by atoms with van der Waals surface area (Å²) in [7, 11) is 0. The van der Waals surface area contributed by atoms with E-state index in [2.05, 4.69) is 43.5 Å². The maximum Gasteiger partial charge on any atom is 0.111 e. The molecule has 0 bridgehead atoms. The molecular weight excluding hydrogens is 280 g/mol. The normalized spacial score (nSPS) is 26.4. The van der Waals surface area contributed by atoms with Crippen LogP contribution < -0.4 is 0 Å². The van der Waals surface area contributed by atoms with E-state index in [9.17, 15) is 0 Å². The first-order chi connectivity index (χ1) is 10.1. The number of aryl methyl sites for hydroxylation is 2. The van der Waals surface area contributed by atoms with Crippen LogP contribution in [0.3, 0.4) is 0 Å². The molecule has 114 valence electrons. The van der Waals surface area contributed by atoms with Crippen molar-refractivity contribution in [2.75, 3.05) is 5.88 Å². The maximum atomic E-state index is 6.02. The molecular formula is C18H25ClN2. The molecule has 1 aromatic heterocycles. The summed E-state index contributed by atoms with van der Waals surface area (Å²) < 4.78 is 2.50. The fourth-order valence-corrected chi connectivity index (χ4v) is 4.26. The Labute approximate surface area is 132 Å². The van der Waals surface area contributed by atoms with Crippen LogP contribution in [0.5, 0.6) is 0 Å². The molecule has 1 saturated carbocycles. The van der Waals surface area contributed by atoms with E-state index in [1.165, 1.54) is 36.2 Å². The van der Waals surface area contributed by atoms with Crippen LogP contribution in [0.25, 0.3) is 11.0 Å². The third-order valence-corrected chi connectivity index (χ3v) is 5.02. The Kier molecular flexibility index (Phi) is 4.26. The molecule has 2 nitrogen and oxygen atoms in total. The quantitative estimate of drug-likeness (QED) is 0.719. The van der Waals surface area contributed by atoms with Gasteiger partial charge in [-0.1, -0.05) is 26.0 Å². The fraction of sp³-hybridized carbons (Fsp3) is 0.611. The number of nitrogens with zero attached hydrogens (tertiary/aromatic N) is 2. The van der Waals surface area contributed by atoms with Gasteiger partial charge in [-0.05, 0) is 49.7 Å². The lowest BCUT2D eigenvalue weighted by Gasteiger charge is -2.33. The first-order valence-corrected chi connectivity index (χ1v) is 8.66. The number of hydrogen-bond donors (Lipinski definition) is 0. The molecule has 2 atom stereocenters. The molecule has 3 rings (SSSR count). The van der Waals surface area contributed by atoms with E-state index in [1.54, 1.807) is 0 Å². The Bertz CT molecular complexity index is 621. The van der Waals surface area contributed by atoms with Crippen molar-refractivity contribution >= 4 is 22.6 Å². The molecule has 0 N–H and O–H groups in total. The highest BCUT2D eigenvalue weighted by atomic mass is 35.5. The maximum absolute atomic E-state index is 6.02. The smallest absolute Gasteiger partial charge is 0.111 e. The van der Waals surface area contributed by atoms with Gasteiger partial charge in [0.1, 0.15) is 5.82 Å². The third kappa shape index (κ3) is 2.83. The van der Waals surface area contributed by atoms with Crippen LogP contribution in [-0.2, 0) is 6.42 Å². The van der Waals surface area contributed by atoms with Crippen molar-refractivity contribution in [1.29, 1.82) is 0 Å². The summed E-state index contributed by atoms with van der Waals surface area (Å²) in [5.41, 5.74) is 3.71. The standard InChI is InChI=1S/C18H25ClN2/c1-12-9-13(2)11-15(10-12)21-16-6-4-5-14(3)18(16)20-17(21)7-8-19/h4-6,12-13,15H,7-11H2,1-3H3. The summed E-state index contributed by atoms with van der Waals surface area (Å²) in [5, 5.41) is 0. The molecule has 3 heteroatoms. The van der Waals surface area contributed by atoms with Gasteiger partial charge in [0.15, 0.2) is 0 Å². The zero-order chi connectivity index (χ0) is 15.0. The number of benzene rings is 1. The highest BCUT2D eigenvalue weighted by Gasteiger charge is 2.28. The lowest BCUT2D eigenvalue weighted by atomic mass is 9.80. The fourth-order valence-electron chi connectivity index (χ4n) is 4.09. The molecule has 1 aromatic carbocycles. The van der Waals surface area contributed by atoms with E-state index in [0.29, 0.717) is 11.9 Å². The second-order valence-electron chi connectivity index (χ2n) is 6.85. The third-order valence-electron chi connectivity index (χ3n) is 4.83. The van der Waals surface area contributed by atoms with Crippen LogP contribution in [-0.4, -0.2) is 15.4 Å². The second kappa shape index (κ2) is 6.00. The van der Waals surface area contributed by atoms with Crippen LogP contribution in [0.4, 0.5) is 0 Å². The summed E-state index contributed by atoms with van der Waals surface area (Å²) >= 11 is 6.02. The lowest BCUT2D eigenvalue weighted by Crippen LogP contribution is -2.24. The molecule has 1 fully saturated rings. The molecule has 0 saturated heterocycles. The molecule has 0 radical (unpaired) electrons. The van der Waals surface area contributed by atoms with Crippen molar-refractivity contribution < 1.29 is 0 Å². The lowest BCUT2D eigenvalue weighted by molar-refractivity contribution is 0.222. The van der Waals surface area contributed by atoms with Crippen LogP contribution in [0.2, 0.25) is 0 Å². The van der Waals surface area contributed by atoms with Gasteiger partial charge in [0.25, 0.3) is 0 Å². The van der Waals surface area contributed by atoms with Gasteiger partial charge in [-0.3, -0.25) is 0 Å². The van der Waals surface area contributed by atoms with Gasteiger partial charge in [0.05, 0.1) is 11.0 Å². The Morgan fingerprint density at radius 3 is 2.57 bits per heavy atom. The van der Waals surface area contributed by atoms with Crippen molar-refractivity contribution in [2.24, 2.45) is 11.8 Å². The van der Waals surface area contributed by atoms with Gasteiger partial charge >= 0.3 is 0 Å². The summed E-state index contributed by atoms with van der Waals surface area (Å²) in [6.45, 7) is 6.92. The van der Waals surface area contributed by atoms with Crippen molar-refractivity contribution in [3.63, 3.8) is 0 Å². The number of para-hydroxylation sites is 1.